The second-order valence-corrected chi connectivity index (χ2v) is 9.83. The minimum Gasteiger partial charge on any atom is -0.497 e. The molecule has 0 saturated heterocycles. The Labute approximate surface area is 126 Å². The summed E-state index contributed by atoms with van der Waals surface area (Å²) < 4.78 is 9.94. The largest absolute Gasteiger partial charge is 0.497 e. The molecule has 0 spiro atoms. The van der Waals surface area contributed by atoms with Crippen LogP contribution in [0.15, 0.2) is 48.5 Å². The van der Waals surface area contributed by atoms with Crippen molar-refractivity contribution >= 4 is 24.4 Å². The van der Waals surface area contributed by atoms with Gasteiger partial charge in [0.2, 0.25) is 0 Å². The number of carbonyl (C=O) groups excluding carboxylic acids is 1. The molecule has 0 N–H and O–H groups in total. The van der Waals surface area contributed by atoms with Crippen molar-refractivity contribution in [2.75, 3.05) is 14.2 Å². The van der Waals surface area contributed by atoms with E-state index < -0.39 is 8.07 Å². The first-order valence-electron chi connectivity index (χ1n) is 6.82. The zero-order chi connectivity index (χ0) is 15.5. The number of benzene rings is 2. The third-order valence-corrected chi connectivity index (χ3v) is 7.39. The minimum atomic E-state index is -1.77. The van der Waals surface area contributed by atoms with Crippen LogP contribution in [0.25, 0.3) is 0 Å². The molecule has 0 fully saturated rings. The first-order chi connectivity index (χ1) is 9.98. The Morgan fingerprint density at radius 2 is 1.33 bits per heavy atom. The number of methoxy groups -OCH3 is 2. The molecule has 0 aromatic heterocycles. The van der Waals surface area contributed by atoms with Gasteiger partial charge in [0.05, 0.1) is 19.8 Å². The summed E-state index contributed by atoms with van der Waals surface area (Å²) in [6.07, 6.45) is 0. The Kier molecular flexibility index (Phi) is 4.48. The average molecular weight is 300 g/mol. The molecule has 2 aromatic carbocycles. The van der Waals surface area contributed by atoms with Crippen LogP contribution in [0.5, 0.6) is 5.75 Å². The van der Waals surface area contributed by atoms with Crippen LogP contribution in [0.3, 0.4) is 0 Å². The van der Waals surface area contributed by atoms with E-state index in [2.05, 4.69) is 25.2 Å². The number of hydrogen-bond donors (Lipinski definition) is 0. The van der Waals surface area contributed by atoms with Gasteiger partial charge in [0.25, 0.3) is 0 Å². The summed E-state index contributed by atoms with van der Waals surface area (Å²) in [5.74, 6) is 0.565. The molecule has 4 heteroatoms. The molecule has 0 unspecified atom stereocenters. The van der Waals surface area contributed by atoms with Crippen molar-refractivity contribution < 1.29 is 14.3 Å². The highest BCUT2D eigenvalue weighted by molar-refractivity contribution is 7.00. The summed E-state index contributed by atoms with van der Waals surface area (Å²) >= 11 is 0. The Hall–Kier alpha value is -2.07. The molecule has 0 amide bonds. The Morgan fingerprint density at radius 1 is 0.857 bits per heavy atom. The first-order valence-corrected chi connectivity index (χ1v) is 9.82. The van der Waals surface area contributed by atoms with Crippen molar-refractivity contribution in [3.05, 3.63) is 54.1 Å². The van der Waals surface area contributed by atoms with Crippen LogP contribution in [-0.4, -0.2) is 28.3 Å². The van der Waals surface area contributed by atoms with Crippen molar-refractivity contribution in [3.63, 3.8) is 0 Å². The molecule has 0 aliphatic carbocycles. The van der Waals surface area contributed by atoms with E-state index >= 15 is 0 Å². The molecule has 21 heavy (non-hydrogen) atoms. The molecule has 0 atom stereocenters. The smallest absolute Gasteiger partial charge is 0.337 e. The molecule has 0 saturated carbocycles. The van der Waals surface area contributed by atoms with E-state index in [4.69, 9.17) is 9.47 Å². The molecule has 0 aliphatic rings. The van der Waals surface area contributed by atoms with E-state index in [-0.39, 0.29) is 5.97 Å². The second kappa shape index (κ2) is 6.14. The van der Waals surface area contributed by atoms with Crippen LogP contribution in [-0.2, 0) is 4.74 Å². The van der Waals surface area contributed by atoms with E-state index in [1.807, 2.05) is 36.4 Å². The lowest BCUT2D eigenvalue weighted by Gasteiger charge is -2.24. The maximum Gasteiger partial charge on any atom is 0.337 e. The summed E-state index contributed by atoms with van der Waals surface area (Å²) in [6, 6.07) is 16.0. The number of esters is 1. The van der Waals surface area contributed by atoms with Gasteiger partial charge in [-0.05, 0) is 24.3 Å². The maximum absolute atomic E-state index is 11.5. The first kappa shape index (κ1) is 15.3. The third-order valence-electron chi connectivity index (χ3n) is 3.84. The van der Waals surface area contributed by atoms with Crippen molar-refractivity contribution in [3.8, 4) is 5.75 Å². The van der Waals surface area contributed by atoms with Crippen LogP contribution in [0, 0.1) is 0 Å². The summed E-state index contributed by atoms with van der Waals surface area (Å²) in [5.41, 5.74) is 0.584. The van der Waals surface area contributed by atoms with Crippen LogP contribution in [0.2, 0.25) is 13.1 Å². The van der Waals surface area contributed by atoms with Gasteiger partial charge in [-0.3, -0.25) is 0 Å². The molecule has 0 heterocycles. The van der Waals surface area contributed by atoms with E-state index in [9.17, 15) is 4.79 Å². The zero-order valence-electron chi connectivity index (χ0n) is 12.8. The number of hydrogen-bond acceptors (Lipinski definition) is 3. The standard InChI is InChI=1S/C17H20O3Si/c1-19-14-7-11-16(12-8-14)21(3,4)15-9-5-13(6-10-15)17(18)20-2/h5-12H,1-4H3. The summed E-state index contributed by atoms with van der Waals surface area (Å²) in [4.78, 5) is 11.5. The van der Waals surface area contributed by atoms with Crippen LogP contribution >= 0.6 is 0 Å². The lowest BCUT2D eigenvalue weighted by molar-refractivity contribution is 0.0601. The number of ether oxygens (including phenoxy) is 2. The molecule has 0 bridgehead atoms. The van der Waals surface area contributed by atoms with Gasteiger partial charge >= 0.3 is 5.97 Å². The van der Waals surface area contributed by atoms with E-state index in [0.717, 1.165) is 5.75 Å². The highest BCUT2D eigenvalue weighted by atomic mass is 28.3. The lowest BCUT2D eigenvalue weighted by Crippen LogP contribution is -2.52. The molecular formula is C17H20O3Si. The molecular weight excluding hydrogens is 280 g/mol. The van der Waals surface area contributed by atoms with Gasteiger partial charge < -0.3 is 9.47 Å². The van der Waals surface area contributed by atoms with Gasteiger partial charge in [-0.25, -0.2) is 4.79 Å². The summed E-state index contributed by atoms with van der Waals surface area (Å²) in [5, 5.41) is 2.61. The molecule has 0 aliphatic heterocycles. The second-order valence-electron chi connectivity index (χ2n) is 5.42. The fourth-order valence-corrected chi connectivity index (χ4v) is 4.65. The zero-order valence-corrected chi connectivity index (χ0v) is 13.8. The minimum absolute atomic E-state index is 0.300. The fourth-order valence-electron chi connectivity index (χ4n) is 2.32. The predicted molar refractivity (Wildman–Crippen MR) is 87.5 cm³/mol. The lowest BCUT2D eigenvalue weighted by atomic mass is 10.2. The molecule has 0 radical (unpaired) electrons. The number of carbonyl (C=O) groups is 1. The monoisotopic (exact) mass is 300 g/mol. The van der Waals surface area contributed by atoms with Gasteiger partial charge in [0.1, 0.15) is 13.8 Å². The quantitative estimate of drug-likeness (QED) is 0.642. The number of rotatable bonds is 4. The van der Waals surface area contributed by atoms with E-state index in [1.165, 1.54) is 17.5 Å². The summed E-state index contributed by atoms with van der Waals surface area (Å²) in [7, 11) is 1.30. The van der Waals surface area contributed by atoms with Crippen LogP contribution in [0.4, 0.5) is 0 Å². The van der Waals surface area contributed by atoms with Crippen molar-refractivity contribution in [2.45, 2.75) is 13.1 Å². The molecule has 2 aromatic rings. The van der Waals surface area contributed by atoms with Crippen LogP contribution < -0.4 is 15.1 Å². The maximum atomic E-state index is 11.5. The van der Waals surface area contributed by atoms with Crippen LogP contribution in [0.1, 0.15) is 10.4 Å². The molecule has 2 rings (SSSR count). The van der Waals surface area contributed by atoms with Gasteiger partial charge in [0.15, 0.2) is 0 Å². The average Bonchev–Trinajstić information content (AvgIpc) is 2.54. The van der Waals surface area contributed by atoms with Gasteiger partial charge in [-0.15, -0.1) is 0 Å². The van der Waals surface area contributed by atoms with E-state index in [0.29, 0.717) is 5.56 Å². The Balaban J connectivity index is 2.31. The third kappa shape index (κ3) is 3.16. The SMILES string of the molecule is COC(=O)c1ccc([Si](C)(C)c2ccc(OC)cc2)cc1. The highest BCUT2D eigenvalue weighted by Crippen LogP contribution is 2.11. The normalized spacial score (nSPS) is 11.0. The van der Waals surface area contributed by atoms with Gasteiger partial charge in [0, 0.05) is 0 Å². The Morgan fingerprint density at radius 3 is 1.76 bits per heavy atom. The van der Waals surface area contributed by atoms with Crippen molar-refractivity contribution in [1.82, 2.24) is 0 Å². The molecule has 110 valence electrons. The Bertz CT molecular complexity index is 615. The van der Waals surface area contributed by atoms with Crippen molar-refractivity contribution in [1.29, 1.82) is 0 Å². The van der Waals surface area contributed by atoms with Crippen molar-refractivity contribution in [2.24, 2.45) is 0 Å². The van der Waals surface area contributed by atoms with Gasteiger partial charge in [-0.1, -0.05) is 47.7 Å². The molecule has 3 nitrogen and oxygen atoms in total. The van der Waals surface area contributed by atoms with E-state index in [1.54, 1.807) is 7.11 Å². The predicted octanol–water partition coefficient (Wildman–Crippen LogP) is 2.30. The highest BCUT2D eigenvalue weighted by Gasteiger charge is 2.26. The summed E-state index contributed by atoms with van der Waals surface area (Å²) in [6.45, 7) is 4.59. The fraction of sp³-hybridized carbons (Fsp3) is 0.235. The topological polar surface area (TPSA) is 35.5 Å². The van der Waals surface area contributed by atoms with Gasteiger partial charge in [-0.2, -0.15) is 0 Å².